The maximum Gasteiger partial charge on any atom is 0.338 e. The number of hydrogen-bond acceptors (Lipinski definition) is 9. The van der Waals surface area contributed by atoms with E-state index in [1.807, 2.05) is 0 Å². The Morgan fingerprint density at radius 2 is 1.20 bits per heavy atom. The van der Waals surface area contributed by atoms with E-state index in [0.29, 0.717) is 6.61 Å². The zero-order valence-electron chi connectivity index (χ0n) is 32.0. The maximum atomic E-state index is 13.6. The molecule has 5 N–H and O–H groups in total. The predicted molar refractivity (Wildman–Crippen MR) is 211 cm³/mol. The zero-order chi connectivity index (χ0) is 39.9. The summed E-state index contributed by atoms with van der Waals surface area (Å²) in [6, 6.07) is 11.9. The fourth-order valence-electron chi connectivity index (χ4n) is 6.06. The molecule has 0 fully saturated rings. The van der Waals surface area contributed by atoms with Crippen molar-refractivity contribution in [3.63, 3.8) is 0 Å². The number of nitrogens with two attached hydrogens (primary N) is 2. The lowest BCUT2D eigenvalue weighted by Gasteiger charge is -2.25. The van der Waals surface area contributed by atoms with Gasteiger partial charge in [-0.1, -0.05) is 123 Å². The lowest BCUT2D eigenvalue weighted by atomic mass is 9.87. The van der Waals surface area contributed by atoms with E-state index >= 15 is 0 Å². The normalized spacial score (nSPS) is 12.7. The van der Waals surface area contributed by atoms with Crippen molar-refractivity contribution in [2.24, 2.45) is 15.7 Å². The number of nitrogens with one attached hydrogen (secondary N) is 1. The first kappa shape index (κ1) is 44.5. The number of unbranched alkanes of at least 4 members (excludes halogenated alkanes) is 13. The summed E-state index contributed by atoms with van der Waals surface area (Å²) in [7, 11) is -8.73. The van der Waals surface area contributed by atoms with Gasteiger partial charge < -0.3 is 14.8 Å². The largest absolute Gasteiger partial charge is 0.473 e. The minimum absolute atomic E-state index is 0.0289. The Morgan fingerprint density at radius 3 is 1.70 bits per heavy atom. The molecule has 0 aromatic heterocycles. The Kier molecular flexibility index (Phi) is 17.1. The molecule has 0 radical (unpaired) electrons. The fourth-order valence-corrected chi connectivity index (χ4v) is 7.58. The first-order valence-corrected chi connectivity index (χ1v) is 21.9. The van der Waals surface area contributed by atoms with Gasteiger partial charge in [0.05, 0.1) is 22.0 Å². The number of ketones is 1. The van der Waals surface area contributed by atoms with E-state index in [1.54, 1.807) is 20.8 Å². The smallest absolute Gasteiger partial charge is 0.338 e. The summed E-state index contributed by atoms with van der Waals surface area (Å²) in [5.41, 5.74) is -0.942. The van der Waals surface area contributed by atoms with Crippen LogP contribution in [0.3, 0.4) is 0 Å². The molecule has 14 heteroatoms. The molecule has 0 spiro atoms. The van der Waals surface area contributed by atoms with E-state index in [4.69, 9.17) is 19.8 Å². The van der Waals surface area contributed by atoms with Gasteiger partial charge in [-0.25, -0.2) is 31.9 Å². The summed E-state index contributed by atoms with van der Waals surface area (Å²) in [6.45, 7) is 7.35. The third-order valence-electron chi connectivity index (χ3n) is 9.09. The molecule has 3 aromatic rings. The molecule has 0 aliphatic heterocycles. The van der Waals surface area contributed by atoms with Crippen molar-refractivity contribution in [2.75, 3.05) is 11.9 Å². The van der Waals surface area contributed by atoms with Crippen molar-refractivity contribution in [1.29, 1.82) is 0 Å². The standard InChI is InChI=1S/C40H57N3O9S2/c1-5-6-7-8-9-10-11-12-13-14-15-16-17-18-26-51-39(46)29-22-24-31(25-23-29)52-36(37(44)40(2,3)4)38(45)43-30-27-33-32(35(28-30)54(42,49)50)20-19-21-34(33)53(41,47)48/h19-25,27-28,36H,5-18,26H2,1-4H3,(H,43,45)(H2,41,47,48)(H2,42,49,50). The number of sulfonamides is 2. The molecule has 12 nitrogen and oxygen atoms in total. The van der Waals surface area contributed by atoms with Crippen molar-refractivity contribution in [2.45, 2.75) is 133 Å². The van der Waals surface area contributed by atoms with Gasteiger partial charge >= 0.3 is 5.97 Å². The Morgan fingerprint density at radius 1 is 0.685 bits per heavy atom. The van der Waals surface area contributed by atoms with Gasteiger partial charge in [-0.2, -0.15) is 0 Å². The molecule has 1 unspecified atom stereocenters. The molecule has 0 saturated heterocycles. The molecule has 0 heterocycles. The molecule has 0 aliphatic carbocycles. The number of fused-ring (bicyclic) bond motifs is 1. The minimum Gasteiger partial charge on any atom is -0.473 e. The molecule has 1 atom stereocenters. The van der Waals surface area contributed by atoms with Crippen LogP contribution in [0.15, 0.2) is 64.4 Å². The molecule has 3 aromatic carbocycles. The summed E-state index contributed by atoms with van der Waals surface area (Å²) in [5.74, 6) is -1.96. The monoisotopic (exact) mass is 787 g/mol. The number of amides is 1. The number of esters is 1. The van der Waals surface area contributed by atoms with Crippen molar-refractivity contribution in [1.82, 2.24) is 0 Å². The Balaban J connectivity index is 1.58. The van der Waals surface area contributed by atoms with Gasteiger partial charge in [0.1, 0.15) is 5.75 Å². The van der Waals surface area contributed by atoms with E-state index in [0.717, 1.165) is 25.3 Å². The maximum absolute atomic E-state index is 13.6. The predicted octanol–water partition coefficient (Wildman–Crippen LogP) is 7.77. The van der Waals surface area contributed by atoms with E-state index in [2.05, 4.69) is 12.2 Å². The Hall–Kier alpha value is -3.85. The van der Waals surface area contributed by atoms with Crippen LogP contribution in [0.5, 0.6) is 5.75 Å². The summed E-state index contributed by atoms with van der Waals surface area (Å²) in [4.78, 5) is 38.9. The van der Waals surface area contributed by atoms with Gasteiger partial charge in [0, 0.05) is 21.9 Å². The molecular formula is C40H57N3O9S2. The average molecular weight is 788 g/mol. The highest BCUT2D eigenvalue weighted by Crippen LogP contribution is 2.32. The second-order valence-corrected chi connectivity index (χ2v) is 17.8. The van der Waals surface area contributed by atoms with Gasteiger partial charge in [0.25, 0.3) is 5.91 Å². The second kappa shape index (κ2) is 20.7. The molecule has 0 bridgehead atoms. The van der Waals surface area contributed by atoms with Gasteiger partial charge in [0.15, 0.2) is 5.78 Å². The van der Waals surface area contributed by atoms with Crippen LogP contribution in [0.25, 0.3) is 10.8 Å². The highest BCUT2D eigenvalue weighted by Gasteiger charge is 2.37. The van der Waals surface area contributed by atoms with E-state index in [9.17, 15) is 31.2 Å². The van der Waals surface area contributed by atoms with Gasteiger partial charge in [-0.15, -0.1) is 0 Å². The number of primary sulfonamides is 2. The second-order valence-electron chi connectivity index (χ2n) is 14.8. The van der Waals surface area contributed by atoms with Crippen LogP contribution < -0.4 is 20.3 Å². The first-order valence-electron chi connectivity index (χ1n) is 18.8. The number of ether oxygens (including phenoxy) is 2. The lowest BCUT2D eigenvalue weighted by Crippen LogP contribution is -2.45. The van der Waals surface area contributed by atoms with E-state index in [-0.39, 0.29) is 27.8 Å². The van der Waals surface area contributed by atoms with Gasteiger partial charge in [0.2, 0.25) is 26.2 Å². The van der Waals surface area contributed by atoms with Crippen molar-refractivity contribution >= 4 is 54.2 Å². The summed E-state index contributed by atoms with van der Waals surface area (Å²) in [6.07, 6.45) is 15.5. The van der Waals surface area contributed by atoms with Gasteiger partial charge in [-0.3, -0.25) is 9.59 Å². The zero-order valence-corrected chi connectivity index (χ0v) is 33.7. The van der Waals surface area contributed by atoms with Crippen LogP contribution >= 0.6 is 0 Å². The van der Waals surface area contributed by atoms with Crippen molar-refractivity contribution < 1.29 is 40.7 Å². The highest BCUT2D eigenvalue weighted by atomic mass is 32.2. The van der Waals surface area contributed by atoms with E-state index < -0.39 is 59.0 Å². The molecular weight excluding hydrogens is 731 g/mol. The minimum atomic E-state index is -4.41. The van der Waals surface area contributed by atoms with Crippen LogP contribution in [-0.4, -0.2) is 47.2 Å². The highest BCUT2D eigenvalue weighted by molar-refractivity contribution is 7.89. The molecule has 0 aliphatic rings. The Bertz CT molecular complexity index is 1940. The SMILES string of the molecule is CCCCCCCCCCCCCCCCOC(=O)c1ccc(OC(C(=O)Nc2cc(S(N)(=O)=O)c3cccc(S(N)(=O)=O)c3c2)C(=O)C(C)(C)C)cc1. The average Bonchev–Trinajstić information content (AvgIpc) is 3.10. The quantitative estimate of drug-likeness (QED) is 0.0487. The van der Waals surface area contributed by atoms with Crippen LogP contribution in [0.2, 0.25) is 0 Å². The summed E-state index contributed by atoms with van der Waals surface area (Å²) >= 11 is 0. The van der Waals surface area contributed by atoms with Crippen molar-refractivity contribution in [3.8, 4) is 5.75 Å². The third-order valence-corrected chi connectivity index (χ3v) is 11.0. The van der Waals surface area contributed by atoms with Crippen LogP contribution in [0.4, 0.5) is 5.69 Å². The number of rotatable bonds is 23. The number of anilines is 1. The summed E-state index contributed by atoms with van der Waals surface area (Å²) < 4.78 is 60.9. The van der Waals surface area contributed by atoms with Crippen LogP contribution in [0.1, 0.15) is 128 Å². The van der Waals surface area contributed by atoms with Gasteiger partial charge in [-0.05, 0) is 48.9 Å². The molecule has 3 rings (SSSR count). The number of carbonyl (C=O) groups is 3. The number of Topliss-reactive ketones (excluding diaryl/α,β-unsaturated/α-hetero) is 1. The Labute approximate surface area is 320 Å². The molecule has 0 saturated carbocycles. The fraction of sp³-hybridized carbons (Fsp3) is 0.525. The third kappa shape index (κ3) is 14.1. The van der Waals surface area contributed by atoms with E-state index in [1.165, 1.54) is 119 Å². The first-order chi connectivity index (χ1) is 25.4. The molecule has 54 heavy (non-hydrogen) atoms. The molecule has 298 valence electrons. The lowest BCUT2D eigenvalue weighted by molar-refractivity contribution is -0.140. The summed E-state index contributed by atoms with van der Waals surface area (Å²) in [5, 5.41) is 13.1. The number of benzene rings is 3. The van der Waals surface area contributed by atoms with Crippen molar-refractivity contribution in [3.05, 3.63) is 60.2 Å². The topological polar surface area (TPSA) is 202 Å². The van der Waals surface area contributed by atoms with Crippen LogP contribution in [-0.2, 0) is 34.4 Å². The number of carbonyl (C=O) groups excluding carboxylic acids is 3. The number of hydrogen-bond donors (Lipinski definition) is 3. The molecule has 1 amide bonds. The van der Waals surface area contributed by atoms with Crippen LogP contribution in [0, 0.1) is 5.41 Å².